The van der Waals surface area contributed by atoms with Gasteiger partial charge in [-0.05, 0) is 32.2 Å². The largest absolute Gasteiger partial charge is 0.392 e. The van der Waals surface area contributed by atoms with Gasteiger partial charge in [-0.1, -0.05) is 6.92 Å². The van der Waals surface area contributed by atoms with E-state index >= 15 is 0 Å². The van der Waals surface area contributed by atoms with Crippen LogP contribution in [0, 0.1) is 5.92 Å². The van der Waals surface area contributed by atoms with Crippen LogP contribution in [0.15, 0.2) is 0 Å². The molecule has 3 atom stereocenters. The highest BCUT2D eigenvalue weighted by Crippen LogP contribution is 2.14. The van der Waals surface area contributed by atoms with Gasteiger partial charge in [0.1, 0.15) is 0 Å². The van der Waals surface area contributed by atoms with Crippen molar-refractivity contribution in [3.8, 4) is 0 Å². The molecule has 2 heteroatoms. The summed E-state index contributed by atoms with van der Waals surface area (Å²) in [4.78, 5) is 0. The van der Waals surface area contributed by atoms with E-state index in [1.807, 2.05) is 6.92 Å². The molecule has 0 unspecified atom stereocenters. The van der Waals surface area contributed by atoms with Crippen molar-refractivity contribution < 1.29 is 5.11 Å². The van der Waals surface area contributed by atoms with Crippen molar-refractivity contribution in [1.29, 1.82) is 0 Å². The molecule has 1 aliphatic heterocycles. The Morgan fingerprint density at radius 1 is 1.50 bits per heavy atom. The second-order valence-electron chi connectivity index (χ2n) is 3.44. The fourth-order valence-corrected chi connectivity index (χ4v) is 1.43. The summed E-state index contributed by atoms with van der Waals surface area (Å²) < 4.78 is 0. The van der Waals surface area contributed by atoms with E-state index in [4.69, 9.17) is 0 Å². The van der Waals surface area contributed by atoms with E-state index in [-0.39, 0.29) is 6.10 Å². The smallest absolute Gasteiger partial charge is 0.0665 e. The van der Waals surface area contributed by atoms with E-state index in [1.165, 1.54) is 6.42 Å². The first-order valence-corrected chi connectivity index (χ1v) is 4.11. The van der Waals surface area contributed by atoms with Crippen LogP contribution in [-0.4, -0.2) is 23.8 Å². The molecule has 0 aromatic carbocycles. The molecular weight excluding hydrogens is 126 g/mol. The van der Waals surface area contributed by atoms with Gasteiger partial charge in [0.25, 0.3) is 0 Å². The minimum Gasteiger partial charge on any atom is -0.392 e. The molecule has 2 N–H and O–H groups in total. The Kier molecular flexibility index (Phi) is 2.69. The Bertz CT molecular complexity index is 95.4. The normalized spacial score (nSPS) is 37.5. The van der Waals surface area contributed by atoms with Gasteiger partial charge in [-0.25, -0.2) is 0 Å². The first kappa shape index (κ1) is 8.02. The lowest BCUT2D eigenvalue weighted by Crippen LogP contribution is -2.44. The van der Waals surface area contributed by atoms with Crippen molar-refractivity contribution in [3.63, 3.8) is 0 Å². The monoisotopic (exact) mass is 143 g/mol. The molecule has 0 aromatic rings. The third kappa shape index (κ3) is 1.96. The van der Waals surface area contributed by atoms with Crippen molar-refractivity contribution in [3.05, 3.63) is 0 Å². The van der Waals surface area contributed by atoms with Crippen LogP contribution in [0.25, 0.3) is 0 Å². The summed E-state index contributed by atoms with van der Waals surface area (Å²) in [5.41, 5.74) is 0. The lowest BCUT2D eigenvalue weighted by molar-refractivity contribution is 0.120. The summed E-state index contributed by atoms with van der Waals surface area (Å²) in [6, 6.07) is 0.344. The summed E-state index contributed by atoms with van der Waals surface area (Å²) in [5.74, 6) is 0.787. The lowest BCUT2D eigenvalue weighted by atomic mass is 9.94. The van der Waals surface area contributed by atoms with Gasteiger partial charge in [0.05, 0.1) is 6.10 Å². The van der Waals surface area contributed by atoms with Crippen molar-refractivity contribution in [2.45, 2.75) is 38.8 Å². The molecule has 1 fully saturated rings. The molecular formula is C8H17NO. The molecule has 0 aliphatic carbocycles. The first-order valence-electron chi connectivity index (χ1n) is 4.11. The van der Waals surface area contributed by atoms with E-state index in [9.17, 15) is 5.11 Å². The minimum absolute atomic E-state index is 0.188. The number of aliphatic hydroxyl groups is 1. The summed E-state index contributed by atoms with van der Waals surface area (Å²) in [5, 5.41) is 12.5. The molecule has 1 heterocycles. The molecule has 0 amide bonds. The van der Waals surface area contributed by atoms with Crippen molar-refractivity contribution >= 4 is 0 Å². The third-order valence-corrected chi connectivity index (χ3v) is 2.28. The first-order chi connectivity index (χ1) is 4.70. The molecule has 1 aliphatic rings. The zero-order valence-corrected chi connectivity index (χ0v) is 6.80. The van der Waals surface area contributed by atoms with Crippen LogP contribution in [0.3, 0.4) is 0 Å². The van der Waals surface area contributed by atoms with E-state index < -0.39 is 0 Å². The van der Waals surface area contributed by atoms with Gasteiger partial charge < -0.3 is 10.4 Å². The van der Waals surface area contributed by atoms with Gasteiger partial charge in [0, 0.05) is 6.04 Å². The lowest BCUT2D eigenvalue weighted by Gasteiger charge is -2.29. The molecule has 1 rings (SSSR count). The van der Waals surface area contributed by atoms with E-state index in [1.54, 1.807) is 0 Å². The Balaban J connectivity index is 2.26. The van der Waals surface area contributed by atoms with E-state index in [2.05, 4.69) is 12.2 Å². The summed E-state index contributed by atoms with van der Waals surface area (Å²) in [7, 11) is 0. The van der Waals surface area contributed by atoms with Gasteiger partial charge in [-0.2, -0.15) is 0 Å². The van der Waals surface area contributed by atoms with Crippen LogP contribution >= 0.6 is 0 Å². The van der Waals surface area contributed by atoms with Crippen LogP contribution in [-0.2, 0) is 0 Å². The van der Waals surface area contributed by atoms with Gasteiger partial charge in [0.15, 0.2) is 0 Å². The Morgan fingerprint density at radius 2 is 2.20 bits per heavy atom. The average Bonchev–Trinajstić information content (AvgIpc) is 1.88. The summed E-state index contributed by atoms with van der Waals surface area (Å²) >= 11 is 0. The summed E-state index contributed by atoms with van der Waals surface area (Å²) in [6.07, 6.45) is 2.19. The molecule has 0 bridgehead atoms. The molecule has 2 nitrogen and oxygen atoms in total. The molecule has 10 heavy (non-hydrogen) atoms. The Hall–Kier alpha value is -0.0800. The fraction of sp³-hybridized carbons (Fsp3) is 1.00. The van der Waals surface area contributed by atoms with Crippen LogP contribution in [0.4, 0.5) is 0 Å². The number of hydrogen-bond donors (Lipinski definition) is 2. The van der Waals surface area contributed by atoms with Crippen LogP contribution in [0.1, 0.15) is 26.7 Å². The molecule has 0 spiro atoms. The SMILES string of the molecule is C[C@H]1CC[C@H]([C@H](C)O)NC1. The van der Waals surface area contributed by atoms with Crippen LogP contribution in [0.5, 0.6) is 0 Å². The standard InChI is InChI=1S/C8H17NO/c1-6-3-4-8(7(2)10)9-5-6/h6-10H,3-5H2,1-2H3/t6-,7-,8+/m0/s1. The molecule has 0 aromatic heterocycles. The second kappa shape index (κ2) is 3.35. The maximum absolute atomic E-state index is 9.20. The predicted molar refractivity (Wildman–Crippen MR) is 41.9 cm³/mol. The number of hydrogen-bond acceptors (Lipinski definition) is 2. The highest BCUT2D eigenvalue weighted by atomic mass is 16.3. The number of piperidine rings is 1. The van der Waals surface area contributed by atoms with Crippen molar-refractivity contribution in [2.24, 2.45) is 5.92 Å². The number of aliphatic hydroxyl groups excluding tert-OH is 1. The average molecular weight is 143 g/mol. The van der Waals surface area contributed by atoms with Crippen LogP contribution < -0.4 is 5.32 Å². The van der Waals surface area contributed by atoms with Crippen molar-refractivity contribution in [2.75, 3.05) is 6.54 Å². The van der Waals surface area contributed by atoms with Gasteiger partial charge >= 0.3 is 0 Å². The third-order valence-electron chi connectivity index (χ3n) is 2.28. The fourth-order valence-electron chi connectivity index (χ4n) is 1.43. The molecule has 1 saturated heterocycles. The molecule has 0 saturated carbocycles. The van der Waals surface area contributed by atoms with E-state index in [0.717, 1.165) is 18.9 Å². The van der Waals surface area contributed by atoms with E-state index in [0.29, 0.717) is 6.04 Å². The highest BCUT2D eigenvalue weighted by Gasteiger charge is 2.20. The topological polar surface area (TPSA) is 32.3 Å². The quantitative estimate of drug-likeness (QED) is 0.568. The van der Waals surface area contributed by atoms with Gasteiger partial charge in [0.2, 0.25) is 0 Å². The highest BCUT2D eigenvalue weighted by molar-refractivity contribution is 4.79. The zero-order valence-electron chi connectivity index (χ0n) is 6.80. The van der Waals surface area contributed by atoms with Gasteiger partial charge in [-0.15, -0.1) is 0 Å². The maximum Gasteiger partial charge on any atom is 0.0665 e. The van der Waals surface area contributed by atoms with Gasteiger partial charge in [-0.3, -0.25) is 0 Å². The Morgan fingerprint density at radius 3 is 2.60 bits per heavy atom. The van der Waals surface area contributed by atoms with Crippen molar-refractivity contribution in [1.82, 2.24) is 5.32 Å². The maximum atomic E-state index is 9.20. The van der Waals surface area contributed by atoms with Crippen LogP contribution in [0.2, 0.25) is 0 Å². The number of rotatable bonds is 1. The number of nitrogens with one attached hydrogen (secondary N) is 1. The Labute approximate surface area is 62.6 Å². The second-order valence-corrected chi connectivity index (χ2v) is 3.44. The molecule has 0 radical (unpaired) electrons. The molecule has 60 valence electrons. The summed E-state index contributed by atoms with van der Waals surface area (Å²) in [6.45, 7) is 5.16. The minimum atomic E-state index is -0.188. The zero-order chi connectivity index (χ0) is 7.56. The predicted octanol–water partition coefficient (Wildman–Crippen LogP) is 0.755.